The summed E-state index contributed by atoms with van der Waals surface area (Å²) in [5, 5.41) is 3.33. The maximum Gasteiger partial charge on any atom is 0.213 e. The zero-order valence-electron chi connectivity index (χ0n) is 23.8. The first kappa shape index (κ1) is 29.4. The normalized spacial score (nSPS) is 18.9. The molecule has 1 unspecified atom stereocenters. The number of methoxy groups -OCH3 is 1. The summed E-state index contributed by atoms with van der Waals surface area (Å²) in [6.07, 6.45) is 13.3. The molecule has 0 bridgehead atoms. The summed E-state index contributed by atoms with van der Waals surface area (Å²) in [4.78, 5) is 13.0. The molecule has 1 aromatic heterocycles. The van der Waals surface area contributed by atoms with Crippen LogP contribution in [0.2, 0.25) is 0 Å². The molecule has 3 rings (SSSR count). The number of likely N-dealkylation sites (N-methyl/N-ethyl adjacent to an activating group) is 2. The van der Waals surface area contributed by atoms with Crippen molar-refractivity contribution in [2.75, 3.05) is 48.0 Å². The van der Waals surface area contributed by atoms with Gasteiger partial charge in [0.1, 0.15) is 18.2 Å². The Morgan fingerprint density at radius 1 is 1.26 bits per heavy atom. The van der Waals surface area contributed by atoms with Gasteiger partial charge in [-0.15, -0.1) is 0 Å². The molecule has 7 N–H and O–H groups in total. The number of rotatable bonds is 11. The van der Waals surface area contributed by atoms with Gasteiger partial charge in [-0.25, -0.2) is 4.98 Å². The van der Waals surface area contributed by atoms with Gasteiger partial charge in [0, 0.05) is 75.8 Å². The van der Waals surface area contributed by atoms with Crippen molar-refractivity contribution >= 4 is 11.9 Å². The van der Waals surface area contributed by atoms with Gasteiger partial charge < -0.3 is 41.8 Å². The summed E-state index contributed by atoms with van der Waals surface area (Å²) in [7, 11) is 7.48. The molecule has 10 nitrogen and oxygen atoms in total. The van der Waals surface area contributed by atoms with Crippen molar-refractivity contribution in [1.29, 1.82) is 0 Å². The fraction of sp³-hybridized carbons (Fsp3) is 0.379. The van der Waals surface area contributed by atoms with Gasteiger partial charge in [0.25, 0.3) is 0 Å². The Morgan fingerprint density at radius 3 is 2.69 bits per heavy atom. The number of aliphatic imine (C=N–C) groups is 1. The van der Waals surface area contributed by atoms with Gasteiger partial charge in [-0.1, -0.05) is 19.9 Å². The maximum absolute atomic E-state index is 6.73. The minimum absolute atomic E-state index is 0.0351. The van der Waals surface area contributed by atoms with Crippen molar-refractivity contribution in [1.82, 2.24) is 20.1 Å². The fourth-order valence-electron chi connectivity index (χ4n) is 4.44. The number of nitrogens with one attached hydrogen (secondary N) is 1. The minimum atomic E-state index is -0.0351. The van der Waals surface area contributed by atoms with Crippen molar-refractivity contribution in [2.45, 2.75) is 19.9 Å². The topological polar surface area (TPSA) is 140 Å². The van der Waals surface area contributed by atoms with Gasteiger partial charge in [0.2, 0.25) is 5.88 Å². The second-order valence-electron chi connectivity index (χ2n) is 9.73. The van der Waals surface area contributed by atoms with Crippen molar-refractivity contribution < 1.29 is 9.47 Å². The molecule has 10 heteroatoms. The van der Waals surface area contributed by atoms with Crippen LogP contribution in [0.25, 0.3) is 5.70 Å². The standard InChI is InChI=1S/C29H42N8O2/c1-19(2)21(16-30)14-26(31)35-27-8-7-24-25(37(27)5)13-22(18-36(24)4)23(17-33-3)29(32)20-9-10-34-28(15-20)39-12-11-38-6/h7-10,13-17,19,25,35H,11-12,18,30-32H2,1-6H3/b21-16+,26-14+,29-23?,33-17?. The third-order valence-corrected chi connectivity index (χ3v) is 6.65. The van der Waals surface area contributed by atoms with E-state index < -0.39 is 0 Å². The average molecular weight is 535 g/mol. The van der Waals surface area contributed by atoms with Crippen LogP contribution in [0.1, 0.15) is 19.4 Å². The van der Waals surface area contributed by atoms with E-state index in [1.807, 2.05) is 31.3 Å². The van der Waals surface area contributed by atoms with Crippen molar-refractivity contribution in [3.8, 4) is 5.88 Å². The average Bonchev–Trinajstić information content (AvgIpc) is 2.92. The van der Waals surface area contributed by atoms with E-state index in [4.69, 9.17) is 26.7 Å². The van der Waals surface area contributed by atoms with Crippen LogP contribution in [-0.4, -0.2) is 75.1 Å². The second-order valence-corrected chi connectivity index (χ2v) is 9.73. The van der Waals surface area contributed by atoms with E-state index in [0.717, 1.165) is 28.1 Å². The minimum Gasteiger partial charge on any atom is -0.475 e. The van der Waals surface area contributed by atoms with Crippen LogP contribution in [0.4, 0.5) is 0 Å². The van der Waals surface area contributed by atoms with E-state index in [-0.39, 0.29) is 12.0 Å². The summed E-state index contributed by atoms with van der Waals surface area (Å²) in [5.74, 6) is 2.15. The Bertz CT molecular complexity index is 1240. The van der Waals surface area contributed by atoms with Gasteiger partial charge in [-0.3, -0.25) is 4.99 Å². The smallest absolute Gasteiger partial charge is 0.213 e. The number of nitrogens with two attached hydrogens (primary N) is 3. The molecule has 1 atom stereocenters. The Hall–Kier alpha value is -4.18. The zero-order chi connectivity index (χ0) is 28.5. The van der Waals surface area contributed by atoms with Crippen LogP contribution in [0, 0.1) is 5.92 Å². The van der Waals surface area contributed by atoms with E-state index in [1.165, 1.54) is 5.70 Å². The van der Waals surface area contributed by atoms with Gasteiger partial charge >= 0.3 is 0 Å². The number of allylic oxidation sites excluding steroid dienone is 4. The van der Waals surface area contributed by atoms with E-state index >= 15 is 0 Å². The quantitative estimate of drug-likeness (QED) is 0.191. The number of nitrogens with zero attached hydrogens (tertiary/aromatic N) is 4. The lowest BCUT2D eigenvalue weighted by molar-refractivity contribution is 0.143. The molecule has 0 saturated heterocycles. The highest BCUT2D eigenvalue weighted by molar-refractivity contribution is 5.95. The first-order chi connectivity index (χ1) is 18.7. The Labute approximate surface area is 231 Å². The zero-order valence-corrected chi connectivity index (χ0v) is 23.8. The molecule has 0 aliphatic carbocycles. The molecule has 0 aromatic carbocycles. The lowest BCUT2D eigenvalue weighted by Gasteiger charge is -2.42. The van der Waals surface area contributed by atoms with Gasteiger partial charge in [0.15, 0.2) is 0 Å². The first-order valence-corrected chi connectivity index (χ1v) is 12.9. The number of aromatic nitrogens is 1. The summed E-state index contributed by atoms with van der Waals surface area (Å²) >= 11 is 0. The molecule has 0 saturated carbocycles. The van der Waals surface area contributed by atoms with Crippen LogP contribution in [0.3, 0.4) is 0 Å². The number of fused-ring (bicyclic) bond motifs is 1. The molecule has 39 heavy (non-hydrogen) atoms. The van der Waals surface area contributed by atoms with Crippen LogP contribution in [-0.2, 0) is 4.74 Å². The number of hydrogen-bond acceptors (Lipinski definition) is 10. The fourth-order valence-corrected chi connectivity index (χ4v) is 4.44. The summed E-state index contributed by atoms with van der Waals surface area (Å²) in [5.41, 5.74) is 24.3. The summed E-state index contributed by atoms with van der Waals surface area (Å²) in [6.45, 7) is 5.71. The highest BCUT2D eigenvalue weighted by Gasteiger charge is 2.31. The van der Waals surface area contributed by atoms with Gasteiger partial charge in [-0.05, 0) is 47.6 Å². The molecule has 0 radical (unpaired) electrons. The lowest BCUT2D eigenvalue weighted by Crippen LogP contribution is -2.46. The highest BCUT2D eigenvalue weighted by atomic mass is 16.5. The molecule has 3 heterocycles. The molecule has 0 fully saturated rings. The monoisotopic (exact) mass is 534 g/mol. The predicted molar refractivity (Wildman–Crippen MR) is 158 cm³/mol. The van der Waals surface area contributed by atoms with E-state index in [2.05, 4.69) is 58.1 Å². The summed E-state index contributed by atoms with van der Waals surface area (Å²) < 4.78 is 10.8. The van der Waals surface area contributed by atoms with E-state index in [9.17, 15) is 0 Å². The number of ether oxygens (including phenoxy) is 2. The summed E-state index contributed by atoms with van der Waals surface area (Å²) in [6, 6.07) is 3.67. The van der Waals surface area contributed by atoms with Gasteiger partial charge in [-0.2, -0.15) is 0 Å². The predicted octanol–water partition coefficient (Wildman–Crippen LogP) is 2.28. The number of hydrogen-bond donors (Lipinski definition) is 4. The van der Waals surface area contributed by atoms with Crippen LogP contribution >= 0.6 is 0 Å². The Kier molecular flexibility index (Phi) is 10.2. The maximum atomic E-state index is 6.73. The van der Waals surface area contributed by atoms with Crippen molar-refractivity contribution in [2.24, 2.45) is 28.1 Å². The molecular formula is C29H42N8O2. The highest BCUT2D eigenvalue weighted by Crippen LogP contribution is 2.32. The molecule has 2 aliphatic rings. The van der Waals surface area contributed by atoms with Crippen LogP contribution in [0.5, 0.6) is 5.88 Å². The van der Waals surface area contributed by atoms with E-state index in [0.29, 0.717) is 37.2 Å². The van der Waals surface area contributed by atoms with Gasteiger partial charge in [0.05, 0.1) is 12.6 Å². The molecule has 0 amide bonds. The Balaban J connectivity index is 1.93. The van der Waals surface area contributed by atoms with Crippen molar-refractivity contribution in [3.05, 3.63) is 88.5 Å². The molecule has 1 aromatic rings. The Morgan fingerprint density at radius 2 is 2.03 bits per heavy atom. The molecular weight excluding hydrogens is 492 g/mol. The largest absolute Gasteiger partial charge is 0.475 e. The lowest BCUT2D eigenvalue weighted by atomic mass is 9.92. The number of pyridine rings is 1. The molecule has 0 spiro atoms. The first-order valence-electron chi connectivity index (χ1n) is 12.9. The SMILES string of the molecule is CN=CC(C1=CC2C(=CC=C(N/C(N)=C/C(=C\N)C(C)C)N2C)N(C)C1)=C(N)c1ccnc(OCCOC)c1. The third-order valence-electron chi connectivity index (χ3n) is 6.65. The van der Waals surface area contributed by atoms with Crippen LogP contribution in [0.15, 0.2) is 87.9 Å². The van der Waals surface area contributed by atoms with Crippen LogP contribution < -0.4 is 27.3 Å². The third kappa shape index (κ3) is 7.23. The van der Waals surface area contributed by atoms with E-state index in [1.54, 1.807) is 32.8 Å². The molecule has 210 valence electrons. The second kappa shape index (κ2) is 13.6. The van der Waals surface area contributed by atoms with Crippen molar-refractivity contribution in [3.63, 3.8) is 0 Å². The molecule has 2 aliphatic heterocycles.